The fourth-order valence-corrected chi connectivity index (χ4v) is 2.94. The molecule has 0 aliphatic carbocycles. The van der Waals surface area contributed by atoms with Gasteiger partial charge in [-0.25, -0.2) is 0 Å². The lowest BCUT2D eigenvalue weighted by molar-refractivity contribution is 0.316. The lowest BCUT2D eigenvalue weighted by Gasteiger charge is -2.25. The highest BCUT2D eigenvalue weighted by atomic mass is 15.1. The standard InChI is InChI=1S/C19H27N/c1-5-20(4)14-13-17(15(2)3)19-12-8-10-16-9-6-7-11-18(16)19/h6-12,15,17H,5,13-14H2,1-4H3/t17-/m1/s1. The van der Waals surface area contributed by atoms with E-state index < -0.39 is 0 Å². The van der Waals surface area contributed by atoms with E-state index in [1.165, 1.54) is 29.3 Å². The second kappa shape index (κ2) is 6.90. The summed E-state index contributed by atoms with van der Waals surface area (Å²) in [5.74, 6) is 1.31. The molecule has 0 heterocycles. The molecule has 0 N–H and O–H groups in total. The van der Waals surface area contributed by atoms with Crippen LogP contribution < -0.4 is 0 Å². The number of fused-ring (bicyclic) bond motifs is 1. The molecule has 108 valence electrons. The molecule has 0 aromatic heterocycles. The van der Waals surface area contributed by atoms with Gasteiger partial charge >= 0.3 is 0 Å². The molecule has 20 heavy (non-hydrogen) atoms. The number of benzene rings is 2. The predicted octanol–water partition coefficient (Wildman–Crippen LogP) is 4.92. The Morgan fingerprint density at radius 1 is 1.00 bits per heavy atom. The van der Waals surface area contributed by atoms with Crippen LogP contribution in [0.2, 0.25) is 0 Å². The Labute approximate surface area is 123 Å². The largest absolute Gasteiger partial charge is 0.307 e. The highest BCUT2D eigenvalue weighted by molar-refractivity contribution is 5.86. The van der Waals surface area contributed by atoms with Gasteiger partial charge in [-0.05, 0) is 54.7 Å². The van der Waals surface area contributed by atoms with Crippen molar-refractivity contribution < 1.29 is 0 Å². The molecule has 2 aromatic carbocycles. The molecule has 0 spiro atoms. The van der Waals surface area contributed by atoms with Gasteiger partial charge in [0.15, 0.2) is 0 Å². The fourth-order valence-electron chi connectivity index (χ4n) is 2.94. The third-order valence-corrected chi connectivity index (χ3v) is 4.39. The monoisotopic (exact) mass is 269 g/mol. The molecule has 0 aliphatic rings. The number of rotatable bonds is 6. The number of hydrogen-bond acceptors (Lipinski definition) is 1. The van der Waals surface area contributed by atoms with Gasteiger partial charge < -0.3 is 4.90 Å². The Bertz CT molecular complexity index is 539. The van der Waals surface area contributed by atoms with E-state index in [2.05, 4.69) is 75.2 Å². The summed E-state index contributed by atoms with van der Waals surface area (Å²) >= 11 is 0. The van der Waals surface area contributed by atoms with Crippen molar-refractivity contribution in [3.05, 3.63) is 48.0 Å². The Balaban J connectivity index is 2.32. The molecule has 2 rings (SSSR count). The van der Waals surface area contributed by atoms with Gasteiger partial charge in [-0.2, -0.15) is 0 Å². The van der Waals surface area contributed by atoms with Crippen LogP contribution in [0.4, 0.5) is 0 Å². The second-order valence-electron chi connectivity index (χ2n) is 6.10. The Morgan fingerprint density at radius 3 is 2.40 bits per heavy atom. The van der Waals surface area contributed by atoms with Gasteiger partial charge in [0.25, 0.3) is 0 Å². The van der Waals surface area contributed by atoms with E-state index in [1.807, 2.05) is 0 Å². The van der Waals surface area contributed by atoms with E-state index in [0.717, 1.165) is 6.54 Å². The van der Waals surface area contributed by atoms with Gasteiger partial charge in [-0.3, -0.25) is 0 Å². The summed E-state index contributed by atoms with van der Waals surface area (Å²) in [4.78, 5) is 2.40. The molecule has 1 heteroatoms. The normalized spacial score (nSPS) is 13.3. The zero-order valence-electron chi connectivity index (χ0n) is 13.3. The first-order valence-electron chi connectivity index (χ1n) is 7.79. The van der Waals surface area contributed by atoms with Crippen molar-refractivity contribution >= 4 is 10.8 Å². The van der Waals surface area contributed by atoms with Crippen LogP contribution >= 0.6 is 0 Å². The molecule has 0 amide bonds. The first-order chi connectivity index (χ1) is 9.63. The highest BCUT2D eigenvalue weighted by Gasteiger charge is 2.18. The maximum atomic E-state index is 2.40. The zero-order valence-corrected chi connectivity index (χ0v) is 13.3. The van der Waals surface area contributed by atoms with Gasteiger partial charge in [-0.1, -0.05) is 63.2 Å². The minimum atomic E-state index is 0.634. The number of hydrogen-bond donors (Lipinski definition) is 0. The predicted molar refractivity (Wildman–Crippen MR) is 89.3 cm³/mol. The molecular formula is C19H27N. The van der Waals surface area contributed by atoms with E-state index in [4.69, 9.17) is 0 Å². The Morgan fingerprint density at radius 2 is 1.70 bits per heavy atom. The summed E-state index contributed by atoms with van der Waals surface area (Å²) in [5, 5.41) is 2.78. The van der Waals surface area contributed by atoms with Crippen LogP contribution in [0.1, 0.15) is 38.7 Å². The lowest BCUT2D eigenvalue weighted by Crippen LogP contribution is -2.22. The van der Waals surface area contributed by atoms with Crippen molar-refractivity contribution in [1.29, 1.82) is 0 Å². The third kappa shape index (κ3) is 3.40. The van der Waals surface area contributed by atoms with Crippen molar-refractivity contribution in [3.8, 4) is 0 Å². The first kappa shape index (κ1) is 15.1. The van der Waals surface area contributed by atoms with Crippen molar-refractivity contribution in [2.75, 3.05) is 20.1 Å². The molecule has 1 nitrogen and oxygen atoms in total. The highest BCUT2D eigenvalue weighted by Crippen LogP contribution is 2.33. The molecule has 1 atom stereocenters. The molecule has 0 saturated heterocycles. The smallest absolute Gasteiger partial charge is 0.00160 e. The van der Waals surface area contributed by atoms with Crippen molar-refractivity contribution in [2.24, 2.45) is 5.92 Å². The minimum absolute atomic E-state index is 0.634. The summed E-state index contributed by atoms with van der Waals surface area (Å²) in [5.41, 5.74) is 1.52. The SMILES string of the molecule is CCN(C)CC[C@@H](c1cccc2ccccc12)C(C)C. The fraction of sp³-hybridized carbons (Fsp3) is 0.474. The van der Waals surface area contributed by atoms with Crippen LogP contribution in [0.15, 0.2) is 42.5 Å². The van der Waals surface area contributed by atoms with Crippen LogP contribution in [0.3, 0.4) is 0 Å². The molecule has 0 unspecified atom stereocenters. The van der Waals surface area contributed by atoms with Crippen LogP contribution in [0, 0.1) is 5.92 Å². The lowest BCUT2D eigenvalue weighted by atomic mass is 9.83. The topological polar surface area (TPSA) is 3.24 Å². The minimum Gasteiger partial charge on any atom is -0.307 e. The van der Waals surface area contributed by atoms with Crippen LogP contribution in [-0.4, -0.2) is 25.0 Å². The van der Waals surface area contributed by atoms with E-state index in [1.54, 1.807) is 0 Å². The van der Waals surface area contributed by atoms with Crippen LogP contribution in [0.5, 0.6) is 0 Å². The maximum Gasteiger partial charge on any atom is -0.00160 e. The quantitative estimate of drug-likeness (QED) is 0.719. The van der Waals surface area contributed by atoms with Crippen molar-refractivity contribution in [1.82, 2.24) is 4.90 Å². The summed E-state index contributed by atoms with van der Waals surface area (Å²) < 4.78 is 0. The molecule has 0 aliphatic heterocycles. The molecular weight excluding hydrogens is 242 g/mol. The van der Waals surface area contributed by atoms with Gasteiger partial charge in [0.2, 0.25) is 0 Å². The van der Waals surface area contributed by atoms with Crippen molar-refractivity contribution in [2.45, 2.75) is 33.1 Å². The summed E-state index contributed by atoms with van der Waals surface area (Å²) in [7, 11) is 2.21. The van der Waals surface area contributed by atoms with Crippen molar-refractivity contribution in [3.63, 3.8) is 0 Å². The van der Waals surface area contributed by atoms with E-state index >= 15 is 0 Å². The van der Waals surface area contributed by atoms with Gasteiger partial charge in [-0.15, -0.1) is 0 Å². The van der Waals surface area contributed by atoms with Gasteiger partial charge in [0.1, 0.15) is 0 Å². The summed E-state index contributed by atoms with van der Waals surface area (Å²) in [6, 6.07) is 15.5. The summed E-state index contributed by atoms with van der Waals surface area (Å²) in [6.07, 6.45) is 1.23. The third-order valence-electron chi connectivity index (χ3n) is 4.39. The maximum absolute atomic E-state index is 2.40. The second-order valence-corrected chi connectivity index (χ2v) is 6.10. The molecule has 0 radical (unpaired) electrons. The van der Waals surface area contributed by atoms with E-state index in [9.17, 15) is 0 Å². The average molecular weight is 269 g/mol. The number of nitrogens with zero attached hydrogens (tertiary/aromatic N) is 1. The Hall–Kier alpha value is -1.34. The van der Waals surface area contributed by atoms with Gasteiger partial charge in [0.05, 0.1) is 0 Å². The Kier molecular flexibility index (Phi) is 5.19. The molecule has 0 bridgehead atoms. The van der Waals surface area contributed by atoms with Crippen LogP contribution in [0.25, 0.3) is 10.8 Å². The van der Waals surface area contributed by atoms with E-state index in [-0.39, 0.29) is 0 Å². The molecule has 0 saturated carbocycles. The zero-order chi connectivity index (χ0) is 14.5. The summed E-state index contributed by atoms with van der Waals surface area (Å²) in [6.45, 7) is 9.21. The van der Waals surface area contributed by atoms with Crippen LogP contribution in [-0.2, 0) is 0 Å². The molecule has 2 aromatic rings. The first-order valence-corrected chi connectivity index (χ1v) is 7.79. The molecule has 0 fully saturated rings. The average Bonchev–Trinajstić information content (AvgIpc) is 2.47. The van der Waals surface area contributed by atoms with E-state index in [0.29, 0.717) is 11.8 Å². The van der Waals surface area contributed by atoms with Gasteiger partial charge in [0, 0.05) is 0 Å².